The van der Waals surface area contributed by atoms with Gasteiger partial charge in [0.2, 0.25) is 5.95 Å². The van der Waals surface area contributed by atoms with Crippen LogP contribution in [0.15, 0.2) is 18.2 Å². The largest absolute Gasteiger partial charge is 0.374 e. The van der Waals surface area contributed by atoms with Gasteiger partial charge in [0.1, 0.15) is 5.52 Å². The van der Waals surface area contributed by atoms with Crippen LogP contribution in [-0.2, 0) is 11.3 Å². The Hall–Kier alpha value is -1.26. The number of nitrogen functional groups attached to an aromatic ring is 1. The lowest BCUT2D eigenvalue weighted by atomic mass is 10.1. The Labute approximate surface area is 112 Å². The second kappa shape index (κ2) is 4.78. The summed E-state index contributed by atoms with van der Waals surface area (Å²) in [6.45, 7) is 7.36. The zero-order chi connectivity index (χ0) is 13.3. The summed E-state index contributed by atoms with van der Waals surface area (Å²) >= 11 is 6.11. The maximum Gasteiger partial charge on any atom is 0.201 e. The quantitative estimate of drug-likeness (QED) is 0.926. The van der Waals surface area contributed by atoms with Gasteiger partial charge in [-0.2, -0.15) is 0 Å². The van der Waals surface area contributed by atoms with Crippen molar-refractivity contribution < 1.29 is 4.74 Å². The van der Waals surface area contributed by atoms with Crippen LogP contribution < -0.4 is 5.73 Å². The zero-order valence-electron chi connectivity index (χ0n) is 10.9. The number of halogens is 1. The van der Waals surface area contributed by atoms with Crippen LogP contribution in [0.25, 0.3) is 11.0 Å². The van der Waals surface area contributed by atoms with Crippen molar-refractivity contribution in [1.82, 2.24) is 9.55 Å². The molecule has 0 saturated carbocycles. The van der Waals surface area contributed by atoms with E-state index < -0.39 is 0 Å². The SMILES string of the molecule is CCOC(C)(C)Cn1c(N)nc2c(Cl)cccc21. The smallest absolute Gasteiger partial charge is 0.201 e. The number of anilines is 1. The lowest BCUT2D eigenvalue weighted by molar-refractivity contribution is -0.0212. The van der Waals surface area contributed by atoms with Gasteiger partial charge in [0.05, 0.1) is 22.7 Å². The van der Waals surface area contributed by atoms with Crippen molar-refractivity contribution in [3.05, 3.63) is 23.2 Å². The van der Waals surface area contributed by atoms with E-state index in [1.165, 1.54) is 0 Å². The van der Waals surface area contributed by atoms with Gasteiger partial charge in [-0.05, 0) is 32.9 Å². The van der Waals surface area contributed by atoms with Crippen molar-refractivity contribution >= 4 is 28.6 Å². The molecule has 0 aliphatic rings. The molecule has 0 radical (unpaired) electrons. The van der Waals surface area contributed by atoms with Crippen LogP contribution in [0.2, 0.25) is 5.02 Å². The second-order valence-corrected chi connectivity index (χ2v) is 5.26. The monoisotopic (exact) mass is 267 g/mol. The molecular weight excluding hydrogens is 250 g/mol. The third kappa shape index (κ3) is 2.44. The standard InChI is InChI=1S/C13H18ClN3O/c1-4-18-13(2,3)8-17-10-7-5-6-9(14)11(10)16-12(17)15/h5-7H,4,8H2,1-3H3,(H2,15,16). The normalized spacial score (nSPS) is 12.2. The maximum atomic E-state index is 6.11. The van der Waals surface area contributed by atoms with Crippen LogP contribution >= 0.6 is 11.6 Å². The van der Waals surface area contributed by atoms with Gasteiger partial charge in [-0.25, -0.2) is 4.98 Å². The van der Waals surface area contributed by atoms with Gasteiger partial charge in [0.25, 0.3) is 0 Å². The third-order valence-electron chi connectivity index (χ3n) is 2.83. The Kier molecular flexibility index (Phi) is 3.50. The molecule has 0 aliphatic carbocycles. The van der Waals surface area contributed by atoms with Crippen LogP contribution in [0.3, 0.4) is 0 Å². The summed E-state index contributed by atoms with van der Waals surface area (Å²) in [5.74, 6) is 0.464. The molecule has 2 rings (SSSR count). The first-order valence-corrected chi connectivity index (χ1v) is 6.36. The Bertz CT molecular complexity index is 563. The van der Waals surface area contributed by atoms with Crippen LogP contribution in [0.5, 0.6) is 0 Å². The van der Waals surface area contributed by atoms with E-state index in [0.29, 0.717) is 24.1 Å². The van der Waals surface area contributed by atoms with Gasteiger partial charge in [-0.15, -0.1) is 0 Å². The minimum Gasteiger partial charge on any atom is -0.374 e. The highest BCUT2D eigenvalue weighted by Gasteiger charge is 2.21. The van der Waals surface area contributed by atoms with E-state index in [9.17, 15) is 0 Å². The average molecular weight is 268 g/mol. The van der Waals surface area contributed by atoms with Crippen molar-refractivity contribution in [2.24, 2.45) is 0 Å². The molecule has 1 aromatic heterocycles. The van der Waals surface area contributed by atoms with Crippen molar-refractivity contribution in [3.8, 4) is 0 Å². The molecule has 5 heteroatoms. The third-order valence-corrected chi connectivity index (χ3v) is 3.14. The van der Waals surface area contributed by atoms with Crippen molar-refractivity contribution in [2.75, 3.05) is 12.3 Å². The lowest BCUT2D eigenvalue weighted by Crippen LogP contribution is -2.31. The first kappa shape index (κ1) is 13.2. The molecule has 0 saturated heterocycles. The summed E-state index contributed by atoms with van der Waals surface area (Å²) in [5, 5.41) is 0.618. The number of benzene rings is 1. The van der Waals surface area contributed by atoms with Gasteiger partial charge in [0, 0.05) is 6.61 Å². The van der Waals surface area contributed by atoms with Crippen LogP contribution in [0, 0.1) is 0 Å². The molecule has 18 heavy (non-hydrogen) atoms. The number of nitrogens with zero attached hydrogens (tertiary/aromatic N) is 2. The number of imidazole rings is 1. The summed E-state index contributed by atoms with van der Waals surface area (Å²) < 4.78 is 7.64. The number of aromatic nitrogens is 2. The summed E-state index contributed by atoms with van der Waals surface area (Å²) in [6.07, 6.45) is 0. The first-order valence-electron chi connectivity index (χ1n) is 5.99. The number of rotatable bonds is 4. The molecule has 0 fully saturated rings. The number of nitrogens with two attached hydrogens (primary N) is 1. The fraction of sp³-hybridized carbons (Fsp3) is 0.462. The van der Waals surface area contributed by atoms with E-state index >= 15 is 0 Å². The number of fused-ring (bicyclic) bond motifs is 1. The molecule has 1 heterocycles. The molecule has 0 atom stereocenters. The van der Waals surface area contributed by atoms with E-state index in [0.717, 1.165) is 11.0 Å². The Morgan fingerprint density at radius 3 is 2.83 bits per heavy atom. The molecule has 0 bridgehead atoms. The van der Waals surface area contributed by atoms with Gasteiger partial charge in [-0.1, -0.05) is 17.7 Å². The second-order valence-electron chi connectivity index (χ2n) is 4.86. The summed E-state index contributed by atoms with van der Waals surface area (Å²) in [7, 11) is 0. The fourth-order valence-electron chi connectivity index (χ4n) is 2.11. The van der Waals surface area contributed by atoms with E-state index in [2.05, 4.69) is 4.98 Å². The van der Waals surface area contributed by atoms with Gasteiger partial charge in [0.15, 0.2) is 0 Å². The minimum absolute atomic E-state index is 0.293. The van der Waals surface area contributed by atoms with Gasteiger partial charge >= 0.3 is 0 Å². The molecule has 0 amide bonds. The van der Waals surface area contributed by atoms with Gasteiger partial charge < -0.3 is 15.0 Å². The minimum atomic E-state index is -0.293. The zero-order valence-corrected chi connectivity index (χ0v) is 11.7. The maximum absolute atomic E-state index is 6.11. The number of ether oxygens (including phenoxy) is 1. The highest BCUT2D eigenvalue weighted by atomic mass is 35.5. The number of para-hydroxylation sites is 1. The first-order chi connectivity index (χ1) is 8.44. The van der Waals surface area contributed by atoms with E-state index in [-0.39, 0.29) is 5.60 Å². The summed E-state index contributed by atoms with van der Waals surface area (Å²) in [5.41, 5.74) is 7.35. The number of hydrogen-bond acceptors (Lipinski definition) is 3. The van der Waals surface area contributed by atoms with E-state index in [1.54, 1.807) is 0 Å². The Morgan fingerprint density at radius 1 is 1.44 bits per heavy atom. The van der Waals surface area contributed by atoms with Crippen molar-refractivity contribution in [3.63, 3.8) is 0 Å². The fourth-order valence-corrected chi connectivity index (χ4v) is 2.33. The molecule has 1 aromatic carbocycles. The van der Waals surface area contributed by atoms with Crippen LogP contribution in [0.1, 0.15) is 20.8 Å². The van der Waals surface area contributed by atoms with Gasteiger partial charge in [-0.3, -0.25) is 0 Å². The Morgan fingerprint density at radius 2 is 2.17 bits per heavy atom. The molecule has 2 aromatic rings. The van der Waals surface area contributed by atoms with Crippen LogP contribution in [0.4, 0.5) is 5.95 Å². The van der Waals surface area contributed by atoms with Crippen molar-refractivity contribution in [2.45, 2.75) is 32.9 Å². The molecule has 0 unspecified atom stereocenters. The molecular formula is C13H18ClN3O. The average Bonchev–Trinajstić information content (AvgIpc) is 2.57. The predicted octanol–water partition coefficient (Wildman–Crippen LogP) is 3.09. The summed E-state index contributed by atoms with van der Waals surface area (Å²) in [4.78, 5) is 4.31. The van der Waals surface area contributed by atoms with Crippen molar-refractivity contribution in [1.29, 1.82) is 0 Å². The molecule has 4 nitrogen and oxygen atoms in total. The molecule has 0 spiro atoms. The van der Waals surface area contributed by atoms with E-state index in [1.807, 2.05) is 43.5 Å². The molecule has 0 aliphatic heterocycles. The molecule has 98 valence electrons. The topological polar surface area (TPSA) is 53.1 Å². The highest BCUT2D eigenvalue weighted by molar-refractivity contribution is 6.35. The number of hydrogen-bond donors (Lipinski definition) is 1. The predicted molar refractivity (Wildman–Crippen MR) is 74.9 cm³/mol. The lowest BCUT2D eigenvalue weighted by Gasteiger charge is -2.25. The Balaban J connectivity index is 2.45. The highest BCUT2D eigenvalue weighted by Crippen LogP contribution is 2.27. The van der Waals surface area contributed by atoms with Crippen LogP contribution in [-0.4, -0.2) is 21.8 Å². The molecule has 2 N–H and O–H groups in total. The van der Waals surface area contributed by atoms with E-state index in [4.69, 9.17) is 22.1 Å². The summed E-state index contributed by atoms with van der Waals surface area (Å²) in [6, 6.07) is 5.68.